The molecule has 2 aromatic rings. The van der Waals surface area contributed by atoms with Gasteiger partial charge >= 0.3 is 0 Å². The highest BCUT2D eigenvalue weighted by atomic mass is 32.1. The van der Waals surface area contributed by atoms with Crippen LogP contribution in [0.4, 0.5) is 0 Å². The van der Waals surface area contributed by atoms with Gasteiger partial charge in [-0.25, -0.2) is 9.97 Å². The highest BCUT2D eigenvalue weighted by molar-refractivity contribution is 7.71. The van der Waals surface area contributed by atoms with Gasteiger partial charge in [0.1, 0.15) is 12.0 Å². The van der Waals surface area contributed by atoms with Gasteiger partial charge in [-0.15, -0.1) is 0 Å². The Bertz CT molecular complexity index is 417. The Morgan fingerprint density at radius 1 is 1.33 bits per heavy atom. The van der Waals surface area contributed by atoms with Gasteiger partial charge in [0.15, 0.2) is 5.82 Å². The van der Waals surface area contributed by atoms with Crippen LogP contribution in [0.3, 0.4) is 0 Å². The maximum Gasteiger partial charge on any atom is 0.213 e. The molecular weight excluding hydrogens is 174 g/mol. The van der Waals surface area contributed by atoms with Crippen molar-refractivity contribution in [1.82, 2.24) is 25.1 Å². The van der Waals surface area contributed by atoms with Crippen molar-refractivity contribution < 1.29 is 0 Å². The van der Waals surface area contributed by atoms with Crippen LogP contribution in [-0.4, -0.2) is 25.1 Å². The molecule has 0 unspecified atom stereocenters. The van der Waals surface area contributed by atoms with E-state index in [9.17, 15) is 0 Å². The van der Waals surface area contributed by atoms with Crippen molar-refractivity contribution in [2.45, 2.75) is 0 Å². The summed E-state index contributed by atoms with van der Waals surface area (Å²) in [5.41, 5.74) is 0.720. The van der Waals surface area contributed by atoms with Gasteiger partial charge in [-0.1, -0.05) is 0 Å². The number of aromatic amines is 2. The van der Waals surface area contributed by atoms with Crippen molar-refractivity contribution in [2.75, 3.05) is 0 Å². The predicted molar refractivity (Wildman–Crippen MR) is 44.8 cm³/mol. The third-order valence-corrected chi connectivity index (χ3v) is 1.52. The minimum absolute atomic E-state index is 0.420. The van der Waals surface area contributed by atoms with Crippen LogP contribution in [0, 0.1) is 4.77 Å². The Morgan fingerprint density at radius 3 is 2.83 bits per heavy atom. The molecule has 0 amide bonds. The van der Waals surface area contributed by atoms with Crippen LogP contribution in [0.2, 0.25) is 0 Å². The molecule has 60 valence electrons. The van der Waals surface area contributed by atoms with Crippen molar-refractivity contribution in [2.24, 2.45) is 0 Å². The number of H-pyrrole nitrogens is 2. The van der Waals surface area contributed by atoms with Crippen LogP contribution >= 0.6 is 12.2 Å². The maximum atomic E-state index is 4.79. The molecule has 6 heteroatoms. The molecule has 2 aromatic heterocycles. The molecule has 0 aliphatic rings. The van der Waals surface area contributed by atoms with Gasteiger partial charge in [0.2, 0.25) is 4.77 Å². The predicted octanol–water partition coefficient (Wildman–Crippen LogP) is 0.924. The minimum Gasteiger partial charge on any atom is -0.280 e. The Kier molecular flexibility index (Phi) is 1.67. The van der Waals surface area contributed by atoms with Crippen molar-refractivity contribution in [3.8, 4) is 11.5 Å². The second-order valence-electron chi connectivity index (χ2n) is 2.11. The van der Waals surface area contributed by atoms with E-state index >= 15 is 0 Å². The fourth-order valence-corrected chi connectivity index (χ4v) is 0.965. The van der Waals surface area contributed by atoms with Crippen LogP contribution in [0.1, 0.15) is 0 Å². The van der Waals surface area contributed by atoms with Crippen LogP contribution in [0.5, 0.6) is 0 Å². The molecule has 0 aliphatic heterocycles. The molecule has 5 nitrogen and oxygen atoms in total. The molecule has 2 rings (SSSR count). The zero-order valence-electron chi connectivity index (χ0n) is 5.98. The summed E-state index contributed by atoms with van der Waals surface area (Å²) in [7, 11) is 0. The summed E-state index contributed by atoms with van der Waals surface area (Å²) in [5.74, 6) is 0.627. The Balaban J connectivity index is 2.51. The Labute approximate surface area is 72.9 Å². The summed E-state index contributed by atoms with van der Waals surface area (Å²) >= 11 is 4.79. The molecule has 0 aliphatic carbocycles. The van der Waals surface area contributed by atoms with Crippen LogP contribution < -0.4 is 0 Å². The van der Waals surface area contributed by atoms with E-state index in [-0.39, 0.29) is 0 Å². The van der Waals surface area contributed by atoms with E-state index in [0.717, 1.165) is 5.69 Å². The van der Waals surface area contributed by atoms with Crippen LogP contribution in [0.25, 0.3) is 11.5 Å². The fraction of sp³-hybridized carbons (Fsp3) is 0. The third-order valence-electron chi connectivity index (χ3n) is 1.33. The van der Waals surface area contributed by atoms with E-state index in [1.165, 1.54) is 6.33 Å². The van der Waals surface area contributed by atoms with E-state index in [1.54, 1.807) is 12.3 Å². The number of nitrogens with one attached hydrogen (secondary N) is 2. The summed E-state index contributed by atoms with van der Waals surface area (Å²) < 4.78 is 0.420. The Hall–Kier alpha value is -1.56. The molecule has 0 fully saturated rings. The first-order valence-corrected chi connectivity index (χ1v) is 3.68. The van der Waals surface area contributed by atoms with Gasteiger partial charge in [0.25, 0.3) is 0 Å². The molecule has 0 bridgehead atoms. The highest BCUT2D eigenvalue weighted by Gasteiger charge is 1.99. The average molecular weight is 179 g/mol. The van der Waals surface area contributed by atoms with Gasteiger partial charge < -0.3 is 0 Å². The average Bonchev–Trinajstić information content (AvgIpc) is 2.54. The van der Waals surface area contributed by atoms with E-state index in [2.05, 4.69) is 25.1 Å². The number of hydrogen-bond donors (Lipinski definition) is 2. The van der Waals surface area contributed by atoms with Crippen LogP contribution in [-0.2, 0) is 0 Å². The van der Waals surface area contributed by atoms with Crippen molar-refractivity contribution in [1.29, 1.82) is 0 Å². The second kappa shape index (κ2) is 2.82. The first kappa shape index (κ1) is 7.11. The molecule has 0 radical (unpaired) electrons. The zero-order valence-corrected chi connectivity index (χ0v) is 6.80. The monoisotopic (exact) mass is 179 g/mol. The zero-order chi connectivity index (χ0) is 8.39. The van der Waals surface area contributed by atoms with Gasteiger partial charge in [0.05, 0.1) is 0 Å². The number of rotatable bonds is 1. The van der Waals surface area contributed by atoms with E-state index < -0.39 is 0 Å². The van der Waals surface area contributed by atoms with Crippen LogP contribution in [0.15, 0.2) is 18.6 Å². The van der Waals surface area contributed by atoms with Crippen molar-refractivity contribution in [3.05, 3.63) is 23.4 Å². The SMILES string of the molecule is S=c1nc(-c2ccncn2)[nH][nH]1. The molecular formula is C6H5N5S. The lowest BCUT2D eigenvalue weighted by Gasteiger charge is -1.90. The van der Waals surface area contributed by atoms with Gasteiger partial charge in [-0.3, -0.25) is 10.2 Å². The topological polar surface area (TPSA) is 70.2 Å². The molecule has 0 aromatic carbocycles. The van der Waals surface area contributed by atoms with E-state index in [4.69, 9.17) is 12.2 Å². The first-order valence-electron chi connectivity index (χ1n) is 3.27. The smallest absolute Gasteiger partial charge is 0.213 e. The minimum atomic E-state index is 0.420. The molecule has 0 saturated carbocycles. The summed E-state index contributed by atoms with van der Waals surface area (Å²) in [6, 6.07) is 1.75. The summed E-state index contributed by atoms with van der Waals surface area (Å²) in [6.45, 7) is 0. The quantitative estimate of drug-likeness (QED) is 0.639. The number of hydrogen-bond acceptors (Lipinski definition) is 4. The molecule has 12 heavy (non-hydrogen) atoms. The lowest BCUT2D eigenvalue weighted by atomic mass is 10.4. The first-order chi connectivity index (χ1) is 5.86. The van der Waals surface area contributed by atoms with Gasteiger partial charge in [-0.05, 0) is 18.3 Å². The lowest BCUT2D eigenvalue weighted by Crippen LogP contribution is -1.85. The normalized spacial score (nSPS) is 10.0. The summed E-state index contributed by atoms with van der Waals surface area (Å²) in [4.78, 5) is 11.8. The van der Waals surface area contributed by atoms with E-state index in [0.29, 0.717) is 10.6 Å². The molecule has 0 spiro atoms. The maximum absolute atomic E-state index is 4.79. The number of nitrogens with zero attached hydrogens (tertiary/aromatic N) is 3. The third kappa shape index (κ3) is 1.24. The van der Waals surface area contributed by atoms with E-state index in [1.807, 2.05) is 0 Å². The largest absolute Gasteiger partial charge is 0.280 e. The Morgan fingerprint density at radius 2 is 2.25 bits per heavy atom. The molecule has 2 heterocycles. The second-order valence-corrected chi connectivity index (χ2v) is 2.50. The standard InChI is InChI=1S/C6H5N5S/c12-6-9-5(10-11-6)4-1-2-7-3-8-4/h1-3H,(H2,9,10,11,12). The van der Waals surface area contributed by atoms with Crippen molar-refractivity contribution in [3.63, 3.8) is 0 Å². The van der Waals surface area contributed by atoms with Gasteiger partial charge in [-0.2, -0.15) is 4.98 Å². The van der Waals surface area contributed by atoms with Crippen molar-refractivity contribution >= 4 is 12.2 Å². The fourth-order valence-electron chi connectivity index (χ4n) is 0.822. The summed E-state index contributed by atoms with van der Waals surface area (Å²) in [6.07, 6.45) is 3.11. The highest BCUT2D eigenvalue weighted by Crippen LogP contribution is 2.06. The molecule has 0 atom stereocenters. The summed E-state index contributed by atoms with van der Waals surface area (Å²) in [5, 5.41) is 5.48. The molecule has 2 N–H and O–H groups in total. The molecule has 0 saturated heterocycles. The number of aromatic nitrogens is 5. The van der Waals surface area contributed by atoms with Gasteiger partial charge in [0, 0.05) is 6.20 Å². The lowest BCUT2D eigenvalue weighted by molar-refractivity contribution is 1.07.